The largest absolute Gasteiger partial charge is 0.0955 e. The maximum atomic E-state index is 4.00. The highest BCUT2D eigenvalue weighted by atomic mass is 14.1. The second-order valence-electron chi connectivity index (χ2n) is 5.99. The number of allylic oxidation sites excluding steroid dienone is 8. The van der Waals surface area contributed by atoms with Crippen LogP contribution in [0.25, 0.3) is 5.57 Å². The van der Waals surface area contributed by atoms with Crippen LogP contribution in [0.1, 0.15) is 51.7 Å². The molecule has 0 aliphatic heterocycles. The van der Waals surface area contributed by atoms with Crippen molar-refractivity contribution in [1.82, 2.24) is 0 Å². The van der Waals surface area contributed by atoms with Crippen molar-refractivity contribution in [2.24, 2.45) is 0 Å². The Morgan fingerprint density at radius 3 is 2.22 bits per heavy atom. The van der Waals surface area contributed by atoms with Crippen LogP contribution < -0.4 is 0 Å². The summed E-state index contributed by atoms with van der Waals surface area (Å²) in [6.07, 6.45) is 8.36. The highest BCUT2D eigenvalue weighted by Crippen LogP contribution is 2.30. The third-order valence-corrected chi connectivity index (χ3v) is 4.21. The van der Waals surface area contributed by atoms with Gasteiger partial charge in [-0.25, -0.2) is 0 Å². The number of hydrogen-bond acceptors (Lipinski definition) is 0. The Bertz CT molecular complexity index is 663. The smallest absolute Gasteiger partial charge is 0.0192 e. The standard InChI is InChI=1S/C23H30/c1-8-21(19(6)15-12-14-18(5)17(3)4)22(9-2)23-16-11-10-13-20(23)7/h10-16H,3,5,8-9H2,1-2,4,6-7H3/b14-12-,19-15+,22-21-. The van der Waals surface area contributed by atoms with Crippen LogP contribution in [0.4, 0.5) is 0 Å². The van der Waals surface area contributed by atoms with Gasteiger partial charge in [-0.2, -0.15) is 0 Å². The second kappa shape index (κ2) is 9.15. The molecule has 0 unspecified atom stereocenters. The average molecular weight is 306 g/mol. The first-order chi connectivity index (χ1) is 10.9. The van der Waals surface area contributed by atoms with Gasteiger partial charge in [-0.05, 0) is 67.0 Å². The minimum absolute atomic E-state index is 0.977. The molecule has 0 saturated heterocycles. The molecule has 0 aliphatic carbocycles. The summed E-state index contributed by atoms with van der Waals surface area (Å²) >= 11 is 0. The van der Waals surface area contributed by atoms with E-state index in [-0.39, 0.29) is 0 Å². The molecular formula is C23H30. The van der Waals surface area contributed by atoms with E-state index in [1.807, 2.05) is 13.0 Å². The lowest BCUT2D eigenvalue weighted by molar-refractivity contribution is 1.07. The molecule has 0 N–H and O–H groups in total. The molecular weight excluding hydrogens is 276 g/mol. The first-order valence-corrected chi connectivity index (χ1v) is 8.40. The fourth-order valence-electron chi connectivity index (χ4n) is 2.76. The van der Waals surface area contributed by atoms with E-state index in [4.69, 9.17) is 0 Å². The molecule has 0 heteroatoms. The van der Waals surface area contributed by atoms with Gasteiger partial charge in [-0.1, -0.05) is 75.1 Å². The lowest BCUT2D eigenvalue weighted by Crippen LogP contribution is -1.95. The summed E-state index contributed by atoms with van der Waals surface area (Å²) in [6, 6.07) is 8.65. The summed E-state index contributed by atoms with van der Waals surface area (Å²) in [5.41, 5.74) is 8.90. The SMILES string of the molecule is C=C(C)C(=C)\C=C/C=C(C)/C(CC)=C(/CC)c1ccccc1C. The minimum Gasteiger partial charge on any atom is -0.0955 e. The van der Waals surface area contributed by atoms with Crippen molar-refractivity contribution in [3.8, 4) is 0 Å². The van der Waals surface area contributed by atoms with E-state index in [1.54, 1.807) is 0 Å². The van der Waals surface area contributed by atoms with E-state index in [2.05, 4.69) is 77.3 Å². The number of rotatable bonds is 7. The zero-order valence-corrected chi connectivity index (χ0v) is 15.4. The van der Waals surface area contributed by atoms with Crippen LogP contribution in [0.2, 0.25) is 0 Å². The van der Waals surface area contributed by atoms with Gasteiger partial charge in [0, 0.05) is 0 Å². The second-order valence-corrected chi connectivity index (χ2v) is 5.99. The lowest BCUT2D eigenvalue weighted by Gasteiger charge is -2.16. The number of hydrogen-bond donors (Lipinski definition) is 0. The Morgan fingerprint density at radius 2 is 1.70 bits per heavy atom. The molecule has 0 aliphatic rings. The van der Waals surface area contributed by atoms with Gasteiger partial charge in [0.2, 0.25) is 0 Å². The summed E-state index contributed by atoms with van der Waals surface area (Å²) in [6.45, 7) is 18.7. The van der Waals surface area contributed by atoms with Gasteiger partial charge >= 0.3 is 0 Å². The van der Waals surface area contributed by atoms with Crippen molar-refractivity contribution in [3.05, 3.63) is 89.1 Å². The van der Waals surface area contributed by atoms with Crippen LogP contribution >= 0.6 is 0 Å². The third-order valence-electron chi connectivity index (χ3n) is 4.21. The molecule has 122 valence electrons. The van der Waals surface area contributed by atoms with Gasteiger partial charge in [0.1, 0.15) is 0 Å². The zero-order valence-electron chi connectivity index (χ0n) is 15.4. The van der Waals surface area contributed by atoms with Gasteiger partial charge in [-0.3, -0.25) is 0 Å². The zero-order chi connectivity index (χ0) is 17.4. The molecule has 0 saturated carbocycles. The number of benzene rings is 1. The van der Waals surface area contributed by atoms with Gasteiger partial charge in [0.25, 0.3) is 0 Å². The normalized spacial score (nSPS) is 13.2. The van der Waals surface area contributed by atoms with Crippen molar-refractivity contribution >= 4 is 5.57 Å². The first-order valence-electron chi connectivity index (χ1n) is 8.40. The van der Waals surface area contributed by atoms with Crippen LogP contribution in [0.5, 0.6) is 0 Å². The van der Waals surface area contributed by atoms with Crippen molar-refractivity contribution < 1.29 is 0 Å². The highest BCUT2D eigenvalue weighted by molar-refractivity contribution is 5.74. The molecule has 23 heavy (non-hydrogen) atoms. The van der Waals surface area contributed by atoms with Gasteiger partial charge < -0.3 is 0 Å². The Balaban J connectivity index is 3.24. The van der Waals surface area contributed by atoms with Crippen molar-refractivity contribution in [2.45, 2.75) is 47.5 Å². The Labute approximate surface area is 142 Å². The van der Waals surface area contributed by atoms with E-state index in [1.165, 1.54) is 27.8 Å². The maximum Gasteiger partial charge on any atom is -0.0192 e. The van der Waals surface area contributed by atoms with Gasteiger partial charge in [-0.15, -0.1) is 0 Å². The summed E-state index contributed by atoms with van der Waals surface area (Å²) in [7, 11) is 0. The predicted molar refractivity (Wildman–Crippen MR) is 106 cm³/mol. The number of aryl methyl sites for hydroxylation is 1. The topological polar surface area (TPSA) is 0 Å². The molecule has 1 aromatic rings. The molecule has 0 radical (unpaired) electrons. The molecule has 0 amide bonds. The molecule has 0 fully saturated rings. The molecule has 0 aromatic heterocycles. The molecule has 0 heterocycles. The third kappa shape index (κ3) is 5.25. The fourth-order valence-corrected chi connectivity index (χ4v) is 2.76. The van der Waals surface area contributed by atoms with Gasteiger partial charge in [0.15, 0.2) is 0 Å². The molecule has 0 nitrogen and oxygen atoms in total. The molecule has 1 aromatic carbocycles. The summed E-state index contributed by atoms with van der Waals surface area (Å²) in [5.74, 6) is 0. The molecule has 0 atom stereocenters. The fraction of sp³-hybridized carbons (Fsp3) is 0.304. The van der Waals surface area contributed by atoms with E-state index >= 15 is 0 Å². The van der Waals surface area contributed by atoms with Gasteiger partial charge in [0.05, 0.1) is 0 Å². The lowest BCUT2D eigenvalue weighted by atomic mass is 9.89. The average Bonchev–Trinajstić information content (AvgIpc) is 2.53. The van der Waals surface area contributed by atoms with Crippen LogP contribution in [-0.2, 0) is 0 Å². The Hall–Kier alpha value is -2.08. The van der Waals surface area contributed by atoms with E-state index < -0.39 is 0 Å². The quantitative estimate of drug-likeness (QED) is 0.467. The van der Waals surface area contributed by atoms with E-state index in [0.29, 0.717) is 0 Å². The van der Waals surface area contributed by atoms with Crippen LogP contribution in [-0.4, -0.2) is 0 Å². The van der Waals surface area contributed by atoms with Crippen LogP contribution in [0.15, 0.2) is 77.9 Å². The minimum atomic E-state index is 0.977. The molecule has 1 rings (SSSR count). The first kappa shape index (κ1) is 19.0. The van der Waals surface area contributed by atoms with Crippen molar-refractivity contribution in [1.29, 1.82) is 0 Å². The van der Waals surface area contributed by atoms with E-state index in [0.717, 1.165) is 24.0 Å². The Morgan fingerprint density at radius 1 is 1.04 bits per heavy atom. The summed E-state index contributed by atoms with van der Waals surface area (Å²) in [5, 5.41) is 0. The highest BCUT2D eigenvalue weighted by Gasteiger charge is 2.09. The summed E-state index contributed by atoms with van der Waals surface area (Å²) in [4.78, 5) is 0. The van der Waals surface area contributed by atoms with Crippen LogP contribution in [0.3, 0.4) is 0 Å². The summed E-state index contributed by atoms with van der Waals surface area (Å²) < 4.78 is 0. The molecule has 0 spiro atoms. The van der Waals surface area contributed by atoms with Crippen molar-refractivity contribution in [2.75, 3.05) is 0 Å². The predicted octanol–water partition coefficient (Wildman–Crippen LogP) is 7.20. The Kier molecular flexibility index (Phi) is 7.54. The van der Waals surface area contributed by atoms with Crippen molar-refractivity contribution in [3.63, 3.8) is 0 Å². The maximum absolute atomic E-state index is 4.00. The van der Waals surface area contributed by atoms with Crippen LogP contribution in [0, 0.1) is 6.92 Å². The monoisotopic (exact) mass is 306 g/mol. The van der Waals surface area contributed by atoms with E-state index in [9.17, 15) is 0 Å². The molecule has 0 bridgehead atoms.